The van der Waals surface area contributed by atoms with Gasteiger partial charge in [0.1, 0.15) is 23.1 Å². The van der Waals surface area contributed by atoms with Crippen LogP contribution >= 0.6 is 0 Å². The van der Waals surface area contributed by atoms with Crippen LogP contribution in [0.3, 0.4) is 0 Å². The standard InChI is InChI=1S/C44H54N6O10S/c1-28(27-59-22-21-58-20-19-55-5)46-42(51)34-14-13-30(25-39(34)56-6)47-40-26-31(17-18-45-40)60-38-16-15-35(32-11-9-10-12-33(32)38)48-43(52)49-36-23-29(44(2,3)4)24-37(41(36)57-7)50-61(8,53)54/h9-18,23-26,28,50H,19-22,27H2,1-8H3,(H,45,47)(H,46,51)(H2,48,49,52)/t28-/m0/s1. The van der Waals surface area contributed by atoms with Gasteiger partial charge in [-0.25, -0.2) is 18.2 Å². The van der Waals surface area contributed by atoms with Gasteiger partial charge in [-0.1, -0.05) is 45.0 Å². The van der Waals surface area contributed by atoms with Gasteiger partial charge in [-0.15, -0.1) is 0 Å². The zero-order valence-electron chi connectivity index (χ0n) is 35.6. The zero-order chi connectivity index (χ0) is 44.2. The summed E-state index contributed by atoms with van der Waals surface area (Å²) < 4.78 is 60.3. The number of sulfonamides is 1. The molecule has 1 heterocycles. The third kappa shape index (κ3) is 13.2. The van der Waals surface area contributed by atoms with E-state index in [-0.39, 0.29) is 34.5 Å². The van der Waals surface area contributed by atoms with Gasteiger partial charge in [-0.05, 0) is 60.4 Å². The van der Waals surface area contributed by atoms with Crippen molar-refractivity contribution in [3.05, 3.63) is 96.2 Å². The maximum absolute atomic E-state index is 13.5. The number of pyridine rings is 1. The van der Waals surface area contributed by atoms with Gasteiger partial charge in [0.15, 0.2) is 5.75 Å². The molecule has 17 heteroatoms. The van der Waals surface area contributed by atoms with Crippen LogP contribution in [0.2, 0.25) is 0 Å². The number of nitrogens with zero attached hydrogens (tertiary/aromatic N) is 1. The molecule has 1 atom stereocenters. The Labute approximate surface area is 356 Å². The van der Waals surface area contributed by atoms with Gasteiger partial charge in [0.25, 0.3) is 5.91 Å². The number of carbonyl (C=O) groups is 2. The van der Waals surface area contributed by atoms with Gasteiger partial charge in [0, 0.05) is 47.9 Å². The normalized spacial score (nSPS) is 12.0. The quantitative estimate of drug-likeness (QED) is 0.0476. The maximum atomic E-state index is 13.5. The minimum Gasteiger partial charge on any atom is -0.496 e. The molecule has 0 aliphatic heterocycles. The molecule has 3 amide bonds. The zero-order valence-corrected chi connectivity index (χ0v) is 36.5. The summed E-state index contributed by atoms with van der Waals surface area (Å²) in [7, 11) is 0.861. The third-order valence-electron chi connectivity index (χ3n) is 9.06. The average molecular weight is 859 g/mol. The van der Waals surface area contributed by atoms with E-state index in [1.54, 1.807) is 67.9 Å². The first kappa shape index (κ1) is 45.9. The molecule has 0 saturated carbocycles. The van der Waals surface area contributed by atoms with Gasteiger partial charge < -0.3 is 49.7 Å². The van der Waals surface area contributed by atoms with Crippen molar-refractivity contribution in [2.45, 2.75) is 39.2 Å². The minimum absolute atomic E-state index is 0.163. The Morgan fingerprint density at radius 2 is 1.48 bits per heavy atom. The lowest BCUT2D eigenvalue weighted by molar-refractivity contribution is 0.0204. The Balaban J connectivity index is 1.26. The van der Waals surface area contributed by atoms with Gasteiger partial charge in [0.2, 0.25) is 10.0 Å². The fourth-order valence-corrected chi connectivity index (χ4v) is 6.69. The second-order valence-corrected chi connectivity index (χ2v) is 16.8. The number of hydrogen-bond acceptors (Lipinski definition) is 12. The van der Waals surface area contributed by atoms with E-state index in [2.05, 4.69) is 31.0 Å². The van der Waals surface area contributed by atoms with Crippen LogP contribution < -0.4 is 40.2 Å². The van der Waals surface area contributed by atoms with Crippen LogP contribution in [-0.2, 0) is 29.6 Å². The van der Waals surface area contributed by atoms with E-state index in [0.717, 1.165) is 17.2 Å². The molecule has 0 bridgehead atoms. The number of methoxy groups -OCH3 is 3. The highest BCUT2D eigenvalue weighted by molar-refractivity contribution is 7.92. The monoisotopic (exact) mass is 858 g/mol. The van der Waals surface area contributed by atoms with Crippen LogP contribution in [0.5, 0.6) is 23.0 Å². The van der Waals surface area contributed by atoms with E-state index < -0.39 is 16.1 Å². The lowest BCUT2D eigenvalue weighted by Crippen LogP contribution is -2.36. The predicted octanol–water partition coefficient (Wildman–Crippen LogP) is 7.90. The number of benzene rings is 4. The Bertz CT molecular complexity index is 2420. The number of ether oxygens (including phenoxy) is 6. The summed E-state index contributed by atoms with van der Waals surface area (Å²) in [6.07, 6.45) is 2.65. The number of rotatable bonds is 20. The van der Waals surface area contributed by atoms with Crippen molar-refractivity contribution in [2.24, 2.45) is 0 Å². The Morgan fingerprint density at radius 3 is 2.18 bits per heavy atom. The predicted molar refractivity (Wildman–Crippen MR) is 238 cm³/mol. The van der Waals surface area contributed by atoms with E-state index in [1.165, 1.54) is 14.2 Å². The molecule has 16 nitrogen and oxygen atoms in total. The van der Waals surface area contributed by atoms with E-state index in [4.69, 9.17) is 28.4 Å². The first-order valence-electron chi connectivity index (χ1n) is 19.4. The topological polar surface area (TPSA) is 197 Å². The number of aromatic nitrogens is 1. The van der Waals surface area contributed by atoms with Crippen molar-refractivity contribution in [1.82, 2.24) is 10.3 Å². The summed E-state index contributed by atoms with van der Waals surface area (Å²) in [6, 6.07) is 22.2. The number of carbonyl (C=O) groups excluding carboxylic acids is 2. The molecule has 326 valence electrons. The summed E-state index contributed by atoms with van der Waals surface area (Å²) in [5.41, 5.74) is 2.39. The van der Waals surface area contributed by atoms with Crippen LogP contribution in [0.4, 0.5) is 33.4 Å². The van der Waals surface area contributed by atoms with Crippen molar-refractivity contribution in [3.63, 3.8) is 0 Å². The first-order chi connectivity index (χ1) is 29.1. The Morgan fingerprint density at radius 1 is 0.770 bits per heavy atom. The Kier molecular flexibility index (Phi) is 15.7. The molecule has 0 unspecified atom stereocenters. The number of fused-ring (bicyclic) bond motifs is 1. The lowest BCUT2D eigenvalue weighted by atomic mass is 9.86. The van der Waals surface area contributed by atoms with Crippen molar-refractivity contribution in [3.8, 4) is 23.0 Å². The SMILES string of the molecule is COCCOCCOC[C@H](C)NC(=O)c1ccc(Nc2cc(Oc3ccc(NC(=O)Nc4cc(C(C)(C)C)cc(NS(C)(=O)=O)c4OC)c4ccccc34)ccn2)cc1OC. The van der Waals surface area contributed by atoms with Gasteiger partial charge >= 0.3 is 6.03 Å². The van der Waals surface area contributed by atoms with Crippen molar-refractivity contribution < 1.29 is 46.4 Å². The van der Waals surface area contributed by atoms with E-state index in [1.807, 2.05) is 52.0 Å². The van der Waals surface area contributed by atoms with Crippen molar-refractivity contribution in [1.29, 1.82) is 0 Å². The molecule has 5 N–H and O–H groups in total. The summed E-state index contributed by atoms with van der Waals surface area (Å²) >= 11 is 0. The molecule has 0 aliphatic rings. The molecule has 5 aromatic rings. The second kappa shape index (κ2) is 20.9. The number of amides is 3. The number of urea groups is 1. The first-order valence-corrected chi connectivity index (χ1v) is 21.3. The minimum atomic E-state index is -3.65. The van der Waals surface area contributed by atoms with Crippen LogP contribution in [0, 0.1) is 0 Å². The molecule has 0 saturated heterocycles. The highest BCUT2D eigenvalue weighted by Crippen LogP contribution is 2.40. The van der Waals surface area contributed by atoms with Crippen LogP contribution in [0.1, 0.15) is 43.6 Å². The van der Waals surface area contributed by atoms with Gasteiger partial charge in [-0.3, -0.25) is 9.52 Å². The molecule has 0 aliphatic carbocycles. The number of nitrogens with one attached hydrogen (secondary N) is 5. The molecule has 0 fully saturated rings. The summed E-state index contributed by atoms with van der Waals surface area (Å²) in [6.45, 7) is 9.96. The van der Waals surface area contributed by atoms with Crippen LogP contribution in [0.15, 0.2) is 85.1 Å². The molecule has 0 spiro atoms. The van der Waals surface area contributed by atoms with E-state index >= 15 is 0 Å². The van der Waals surface area contributed by atoms with Gasteiger partial charge in [0.05, 0.1) is 76.1 Å². The van der Waals surface area contributed by atoms with Crippen LogP contribution in [0.25, 0.3) is 10.8 Å². The van der Waals surface area contributed by atoms with E-state index in [9.17, 15) is 18.0 Å². The summed E-state index contributed by atoms with van der Waals surface area (Å²) in [5, 5.41) is 13.4. The number of hydrogen-bond donors (Lipinski definition) is 5. The molecule has 1 aromatic heterocycles. The highest BCUT2D eigenvalue weighted by atomic mass is 32.2. The summed E-state index contributed by atoms with van der Waals surface area (Å²) in [4.78, 5) is 31.1. The second-order valence-electron chi connectivity index (χ2n) is 15.0. The molecule has 0 radical (unpaired) electrons. The average Bonchev–Trinajstić information content (AvgIpc) is 3.20. The van der Waals surface area contributed by atoms with Gasteiger partial charge in [-0.2, -0.15) is 0 Å². The Hall–Kier alpha value is -6.14. The molecule has 61 heavy (non-hydrogen) atoms. The van der Waals surface area contributed by atoms with Crippen molar-refractivity contribution >= 4 is 61.3 Å². The fraction of sp³-hybridized carbons (Fsp3) is 0.341. The molecule has 5 rings (SSSR count). The highest BCUT2D eigenvalue weighted by Gasteiger charge is 2.23. The smallest absolute Gasteiger partial charge is 0.323 e. The summed E-state index contributed by atoms with van der Waals surface area (Å²) in [5.74, 6) is 1.73. The van der Waals surface area contributed by atoms with Crippen molar-refractivity contribution in [2.75, 3.05) is 81.3 Å². The third-order valence-corrected chi connectivity index (χ3v) is 9.65. The molecule has 4 aromatic carbocycles. The van der Waals surface area contributed by atoms with Crippen LogP contribution in [-0.4, -0.2) is 92.0 Å². The molecular formula is C44H54N6O10S. The van der Waals surface area contributed by atoms with E-state index in [0.29, 0.717) is 78.4 Å². The number of anilines is 5. The molecular weight excluding hydrogens is 805 g/mol. The fourth-order valence-electron chi connectivity index (χ4n) is 6.14. The maximum Gasteiger partial charge on any atom is 0.323 e. The largest absolute Gasteiger partial charge is 0.496 e. The lowest BCUT2D eigenvalue weighted by Gasteiger charge is -2.24.